The zero-order chi connectivity index (χ0) is 42.5. The zero-order valence-electron chi connectivity index (χ0n) is 35.8. The first-order valence-electron chi connectivity index (χ1n) is 21.9. The Morgan fingerprint density at radius 2 is 0.841 bits per heavy atom. The van der Waals surface area contributed by atoms with E-state index in [2.05, 4.69) is 188 Å². The highest BCUT2D eigenvalue weighted by Crippen LogP contribution is 2.50. The van der Waals surface area contributed by atoms with Gasteiger partial charge in [0, 0.05) is 38.4 Å². The van der Waals surface area contributed by atoms with Crippen LogP contribution in [0.1, 0.15) is 45.2 Å². The maximum Gasteiger partial charge on any atom is 0.238 e. The fraction of sp³-hybridized carbons (Fsp3) is 0.121. The molecular weight excluding hydrogens is 767 g/mol. The van der Waals surface area contributed by atoms with Crippen LogP contribution in [0.4, 0.5) is 0 Å². The van der Waals surface area contributed by atoms with Crippen LogP contribution in [0, 0.1) is 0 Å². The predicted octanol–water partition coefficient (Wildman–Crippen LogP) is 14.7. The molecule has 0 N–H and O–H groups in total. The predicted molar refractivity (Wildman–Crippen MR) is 261 cm³/mol. The molecular formula is C58H45N5. The monoisotopic (exact) mass is 811 g/mol. The van der Waals surface area contributed by atoms with Gasteiger partial charge in [-0.3, -0.25) is 4.57 Å². The van der Waals surface area contributed by atoms with E-state index in [1.165, 1.54) is 38.6 Å². The second-order valence-corrected chi connectivity index (χ2v) is 18.4. The molecule has 302 valence electrons. The minimum atomic E-state index is 0.156. The van der Waals surface area contributed by atoms with E-state index in [1.54, 1.807) is 0 Å². The Morgan fingerprint density at radius 1 is 0.365 bits per heavy atom. The van der Waals surface area contributed by atoms with Crippen molar-refractivity contribution in [3.63, 3.8) is 0 Å². The molecule has 8 aromatic carbocycles. The van der Waals surface area contributed by atoms with Gasteiger partial charge in [0.15, 0.2) is 11.6 Å². The molecule has 1 aliphatic carbocycles. The number of para-hydroxylation sites is 2. The molecule has 63 heavy (non-hydrogen) atoms. The lowest BCUT2D eigenvalue weighted by atomic mass is 9.82. The average Bonchev–Trinajstić information content (AvgIpc) is 3.91. The molecule has 3 aromatic heterocycles. The van der Waals surface area contributed by atoms with Crippen molar-refractivity contribution >= 4 is 43.6 Å². The van der Waals surface area contributed by atoms with Crippen LogP contribution in [0.2, 0.25) is 0 Å². The van der Waals surface area contributed by atoms with Gasteiger partial charge in [-0.2, -0.15) is 9.97 Å². The summed E-state index contributed by atoms with van der Waals surface area (Å²) in [6.45, 7) is 9.53. The molecule has 0 saturated carbocycles. The van der Waals surface area contributed by atoms with E-state index in [-0.39, 0.29) is 10.8 Å². The lowest BCUT2D eigenvalue weighted by Gasteiger charge is -2.22. The van der Waals surface area contributed by atoms with Crippen molar-refractivity contribution in [3.8, 4) is 56.7 Å². The van der Waals surface area contributed by atoms with Gasteiger partial charge in [0.05, 0.1) is 22.1 Å². The molecule has 0 fully saturated rings. The van der Waals surface area contributed by atoms with Crippen LogP contribution in [0.3, 0.4) is 0 Å². The molecule has 0 aliphatic heterocycles. The number of aromatic nitrogens is 5. The van der Waals surface area contributed by atoms with Gasteiger partial charge in [-0.15, -0.1) is 0 Å². The lowest BCUT2D eigenvalue weighted by molar-refractivity contribution is 0.403. The maximum absolute atomic E-state index is 5.28. The lowest BCUT2D eigenvalue weighted by Crippen LogP contribution is -2.17. The molecule has 3 heterocycles. The van der Waals surface area contributed by atoms with Gasteiger partial charge < -0.3 is 4.57 Å². The minimum Gasteiger partial charge on any atom is -0.307 e. The fourth-order valence-electron chi connectivity index (χ4n) is 10.7. The summed E-state index contributed by atoms with van der Waals surface area (Å²) in [4.78, 5) is 15.6. The van der Waals surface area contributed by atoms with E-state index < -0.39 is 0 Å². The van der Waals surface area contributed by atoms with E-state index in [9.17, 15) is 0 Å². The van der Waals surface area contributed by atoms with Crippen molar-refractivity contribution in [2.24, 2.45) is 0 Å². The largest absolute Gasteiger partial charge is 0.307 e. The Balaban J connectivity index is 1.06. The van der Waals surface area contributed by atoms with Crippen LogP contribution < -0.4 is 0 Å². The summed E-state index contributed by atoms with van der Waals surface area (Å²) < 4.78 is 4.69. The van der Waals surface area contributed by atoms with Crippen LogP contribution in [0.5, 0.6) is 0 Å². The summed E-state index contributed by atoms with van der Waals surface area (Å²) in [7, 11) is 0. The van der Waals surface area contributed by atoms with Gasteiger partial charge in [-0.05, 0) is 74.9 Å². The topological polar surface area (TPSA) is 48.5 Å². The molecule has 0 spiro atoms. The van der Waals surface area contributed by atoms with Gasteiger partial charge in [-0.25, -0.2) is 4.98 Å². The SMILES string of the molecule is CC1(C)CC(C)(C)c2cc(-c3ccc(-c4cccc(-n5c6ccccc6c6ccc7c8ccccc8n(-c8nc(-c9ccccc9)nc(-c9ccccc9)n8)c7c65)c4)cc3)ccc21. The van der Waals surface area contributed by atoms with Crippen LogP contribution in [0.15, 0.2) is 188 Å². The van der Waals surface area contributed by atoms with Crippen LogP contribution >= 0.6 is 0 Å². The third-order valence-electron chi connectivity index (χ3n) is 13.4. The summed E-state index contributed by atoms with van der Waals surface area (Å²) in [5.41, 5.74) is 15.4. The molecule has 0 saturated heterocycles. The van der Waals surface area contributed by atoms with E-state index in [0.717, 1.165) is 61.6 Å². The Morgan fingerprint density at radius 3 is 1.44 bits per heavy atom. The first kappa shape index (κ1) is 37.2. The molecule has 11 aromatic rings. The van der Waals surface area contributed by atoms with Gasteiger partial charge in [0.1, 0.15) is 0 Å². The van der Waals surface area contributed by atoms with Crippen LogP contribution in [0.25, 0.3) is 100 Å². The van der Waals surface area contributed by atoms with Gasteiger partial charge in [-0.1, -0.05) is 191 Å². The summed E-state index contributed by atoms with van der Waals surface area (Å²) >= 11 is 0. The van der Waals surface area contributed by atoms with Crippen molar-refractivity contribution in [1.82, 2.24) is 24.1 Å². The molecule has 0 bridgehead atoms. The quantitative estimate of drug-likeness (QED) is 0.168. The van der Waals surface area contributed by atoms with Gasteiger partial charge >= 0.3 is 0 Å². The molecule has 5 nitrogen and oxygen atoms in total. The standard InChI is InChI=1S/C58H45N5/c1-57(2)36-58(3,4)49-35-42(30-33-48(49)57)38-28-26-37(27-29-38)41-20-15-21-43(34-41)62-50-24-13-11-22-44(50)46-31-32-47-45-23-12-14-25-51(45)63(53(47)52(46)62)56-60-54(39-16-7-5-8-17-39)59-55(61-56)40-18-9-6-10-19-40/h5-35H,36H2,1-4H3. The number of hydrogen-bond acceptors (Lipinski definition) is 3. The van der Waals surface area contributed by atoms with Crippen LogP contribution in [-0.2, 0) is 10.8 Å². The summed E-state index contributed by atoms with van der Waals surface area (Å²) in [5.74, 6) is 1.82. The van der Waals surface area contributed by atoms with E-state index in [0.29, 0.717) is 17.6 Å². The first-order valence-corrected chi connectivity index (χ1v) is 21.9. The van der Waals surface area contributed by atoms with Gasteiger partial charge in [0.2, 0.25) is 5.95 Å². The summed E-state index contributed by atoms with van der Waals surface area (Å²) in [6, 6.07) is 67.5. The minimum absolute atomic E-state index is 0.156. The Hall–Kier alpha value is -7.63. The van der Waals surface area contributed by atoms with E-state index >= 15 is 0 Å². The van der Waals surface area contributed by atoms with Crippen molar-refractivity contribution in [2.45, 2.75) is 44.9 Å². The first-order chi connectivity index (χ1) is 30.7. The molecule has 0 unspecified atom stereocenters. The molecule has 0 radical (unpaired) electrons. The third kappa shape index (κ3) is 5.95. The normalized spacial score (nSPS) is 14.2. The Bertz CT molecular complexity index is 3520. The second kappa shape index (κ2) is 13.9. The van der Waals surface area contributed by atoms with E-state index in [1.807, 2.05) is 36.4 Å². The molecule has 1 aliphatic rings. The smallest absolute Gasteiger partial charge is 0.238 e. The maximum atomic E-state index is 5.28. The second-order valence-electron chi connectivity index (χ2n) is 18.4. The Labute approximate surface area is 367 Å². The molecule has 0 amide bonds. The fourth-order valence-corrected chi connectivity index (χ4v) is 10.7. The van der Waals surface area contributed by atoms with Crippen LogP contribution in [-0.4, -0.2) is 24.1 Å². The highest BCUT2D eigenvalue weighted by Gasteiger charge is 2.41. The van der Waals surface area contributed by atoms with Crippen molar-refractivity contribution in [3.05, 3.63) is 199 Å². The number of nitrogens with zero attached hydrogens (tertiary/aromatic N) is 5. The highest BCUT2D eigenvalue weighted by atomic mass is 15.2. The number of rotatable bonds is 6. The summed E-state index contributed by atoms with van der Waals surface area (Å²) in [6.07, 6.45) is 1.16. The van der Waals surface area contributed by atoms with Crippen molar-refractivity contribution < 1.29 is 0 Å². The Kier molecular flexibility index (Phi) is 8.23. The van der Waals surface area contributed by atoms with Crippen molar-refractivity contribution in [2.75, 3.05) is 0 Å². The van der Waals surface area contributed by atoms with E-state index in [4.69, 9.17) is 15.0 Å². The molecule has 5 heteroatoms. The zero-order valence-corrected chi connectivity index (χ0v) is 35.8. The highest BCUT2D eigenvalue weighted by molar-refractivity contribution is 6.23. The summed E-state index contributed by atoms with van der Waals surface area (Å²) in [5, 5.41) is 4.62. The van der Waals surface area contributed by atoms with Crippen molar-refractivity contribution in [1.29, 1.82) is 0 Å². The number of hydrogen-bond donors (Lipinski definition) is 0. The third-order valence-corrected chi connectivity index (χ3v) is 13.4. The molecule has 0 atom stereocenters. The number of fused-ring (bicyclic) bond motifs is 8. The van der Waals surface area contributed by atoms with Gasteiger partial charge in [0.25, 0.3) is 0 Å². The average molecular weight is 812 g/mol. The molecule has 12 rings (SSSR count). The number of benzene rings is 8.